The summed E-state index contributed by atoms with van der Waals surface area (Å²) >= 11 is 1.70. The molecule has 4 aromatic carbocycles. The van der Waals surface area contributed by atoms with Crippen LogP contribution in [0.1, 0.15) is 17.2 Å². The average molecular weight is 422 g/mol. The number of benzene rings is 4. The Morgan fingerprint density at radius 3 is 2.35 bits per heavy atom. The van der Waals surface area contributed by atoms with E-state index in [0.29, 0.717) is 11.1 Å². The molecule has 1 atom stereocenters. The minimum absolute atomic E-state index is 0.277. The number of hydrogen-bond acceptors (Lipinski definition) is 4. The first-order chi connectivity index (χ1) is 15.2. The van der Waals surface area contributed by atoms with Crippen molar-refractivity contribution in [2.75, 3.05) is 11.6 Å². The fourth-order valence-corrected chi connectivity index (χ4v) is 5.04. The number of rotatable bonds is 2. The first kappa shape index (κ1) is 18.3. The summed E-state index contributed by atoms with van der Waals surface area (Å²) in [7, 11) is 0. The summed E-state index contributed by atoms with van der Waals surface area (Å²) in [5, 5.41) is 6.87. The second-order valence-electron chi connectivity index (χ2n) is 7.73. The average Bonchev–Trinajstić information content (AvgIpc) is 2.83. The Morgan fingerprint density at radius 1 is 0.806 bits per heavy atom. The van der Waals surface area contributed by atoms with Gasteiger partial charge >= 0.3 is 5.63 Å². The van der Waals surface area contributed by atoms with E-state index < -0.39 is 0 Å². The van der Waals surface area contributed by atoms with Gasteiger partial charge in [0.15, 0.2) is 0 Å². The quantitative estimate of drug-likeness (QED) is 0.250. The number of anilines is 1. The molecule has 0 saturated heterocycles. The van der Waals surface area contributed by atoms with Crippen molar-refractivity contribution < 1.29 is 4.42 Å². The smallest absolute Gasteiger partial charge is 0.342 e. The van der Waals surface area contributed by atoms with Gasteiger partial charge in [0.25, 0.3) is 0 Å². The topological polar surface area (TPSA) is 42.2 Å². The predicted octanol–water partition coefficient (Wildman–Crippen LogP) is 6.85. The van der Waals surface area contributed by atoms with Crippen molar-refractivity contribution in [1.82, 2.24) is 0 Å². The van der Waals surface area contributed by atoms with E-state index in [1.165, 1.54) is 4.90 Å². The molecule has 2 heterocycles. The van der Waals surface area contributed by atoms with E-state index in [-0.39, 0.29) is 11.7 Å². The predicted molar refractivity (Wildman–Crippen MR) is 129 cm³/mol. The van der Waals surface area contributed by atoms with Crippen LogP contribution in [-0.2, 0) is 0 Å². The molecule has 150 valence electrons. The van der Waals surface area contributed by atoms with Crippen molar-refractivity contribution in [3.05, 3.63) is 106 Å². The minimum atomic E-state index is -0.293. The summed E-state index contributed by atoms with van der Waals surface area (Å²) in [4.78, 5) is 14.5. The lowest BCUT2D eigenvalue weighted by Crippen LogP contribution is -2.25. The van der Waals surface area contributed by atoms with Crippen molar-refractivity contribution in [2.45, 2.75) is 10.9 Å². The maximum absolute atomic E-state index is 13.3. The molecule has 5 aromatic rings. The largest absolute Gasteiger partial charge is 0.422 e. The molecule has 0 amide bonds. The fourth-order valence-electron chi connectivity index (χ4n) is 4.63. The molecule has 0 fully saturated rings. The summed E-state index contributed by atoms with van der Waals surface area (Å²) in [6, 6.07) is 28.5. The van der Waals surface area contributed by atoms with Crippen molar-refractivity contribution in [1.29, 1.82) is 0 Å². The molecule has 6 rings (SSSR count). The molecule has 0 unspecified atom stereocenters. The standard InChI is InChI=1S/C27H19NO2S/c1-31-18-13-10-17(11-14-18)26-25-24(20-8-4-5-9-22(20)30-27(25)29)23-19-7-3-2-6-16(19)12-15-21(23)28-26/h2-15,26,28H,1H3/t26-/m1/s1. The van der Waals surface area contributed by atoms with E-state index in [1.54, 1.807) is 11.8 Å². The number of fused-ring (bicyclic) bond motifs is 7. The first-order valence-electron chi connectivity index (χ1n) is 10.2. The summed E-state index contributed by atoms with van der Waals surface area (Å²) in [5.41, 5.74) is 5.09. The molecule has 31 heavy (non-hydrogen) atoms. The molecule has 3 nitrogen and oxygen atoms in total. The maximum Gasteiger partial charge on any atom is 0.342 e. The van der Waals surface area contributed by atoms with Gasteiger partial charge in [0.1, 0.15) is 5.58 Å². The van der Waals surface area contributed by atoms with Crippen molar-refractivity contribution in [3.8, 4) is 11.1 Å². The summed E-state index contributed by atoms with van der Waals surface area (Å²) in [6.45, 7) is 0. The highest BCUT2D eigenvalue weighted by atomic mass is 32.2. The van der Waals surface area contributed by atoms with E-state index in [0.717, 1.165) is 38.5 Å². The summed E-state index contributed by atoms with van der Waals surface area (Å²) in [6.07, 6.45) is 2.06. The molecular formula is C27H19NO2S. The summed E-state index contributed by atoms with van der Waals surface area (Å²) < 4.78 is 5.78. The molecule has 0 saturated carbocycles. The van der Waals surface area contributed by atoms with E-state index in [1.807, 2.05) is 36.4 Å². The van der Waals surface area contributed by atoms with Gasteiger partial charge in [-0.25, -0.2) is 4.79 Å². The maximum atomic E-state index is 13.3. The highest BCUT2D eigenvalue weighted by Crippen LogP contribution is 2.47. The van der Waals surface area contributed by atoms with Crippen LogP contribution in [0.25, 0.3) is 32.9 Å². The van der Waals surface area contributed by atoms with E-state index >= 15 is 0 Å². The molecule has 1 N–H and O–H groups in total. The zero-order chi connectivity index (χ0) is 20.9. The van der Waals surface area contributed by atoms with Crippen molar-refractivity contribution in [2.24, 2.45) is 0 Å². The molecule has 4 heteroatoms. The van der Waals surface area contributed by atoms with E-state index in [4.69, 9.17) is 4.42 Å². The Balaban J connectivity index is 1.73. The highest BCUT2D eigenvalue weighted by Gasteiger charge is 2.32. The van der Waals surface area contributed by atoms with Gasteiger partial charge < -0.3 is 9.73 Å². The number of para-hydroxylation sites is 1. The third kappa shape index (κ3) is 2.79. The molecule has 1 aliphatic rings. The first-order valence-corrected chi connectivity index (χ1v) is 11.5. The molecule has 1 aliphatic heterocycles. The summed E-state index contributed by atoms with van der Waals surface area (Å²) in [5.74, 6) is 0. The SMILES string of the molecule is CSc1ccc([C@H]2Nc3ccc4ccccc4c3-c3c2c(=O)oc2ccccc32)cc1. The molecule has 0 spiro atoms. The Hall–Kier alpha value is -3.50. The molecular weight excluding hydrogens is 402 g/mol. The van der Waals surface area contributed by atoms with Crippen LogP contribution in [0.5, 0.6) is 0 Å². The van der Waals surface area contributed by atoms with Gasteiger partial charge in [-0.1, -0.05) is 60.7 Å². The van der Waals surface area contributed by atoms with Gasteiger partial charge in [-0.05, 0) is 46.9 Å². The normalized spacial score (nSPS) is 14.8. The lowest BCUT2D eigenvalue weighted by atomic mass is 9.83. The highest BCUT2D eigenvalue weighted by molar-refractivity contribution is 7.98. The van der Waals surface area contributed by atoms with E-state index in [2.05, 4.69) is 60.1 Å². The number of thioether (sulfide) groups is 1. The minimum Gasteiger partial charge on any atom is -0.422 e. The van der Waals surface area contributed by atoms with Gasteiger partial charge in [0, 0.05) is 27.1 Å². The Labute approximate surface area is 183 Å². The Morgan fingerprint density at radius 2 is 1.55 bits per heavy atom. The second kappa shape index (κ2) is 7.03. The lowest BCUT2D eigenvalue weighted by Gasteiger charge is -2.30. The monoisotopic (exact) mass is 421 g/mol. The zero-order valence-electron chi connectivity index (χ0n) is 16.9. The van der Waals surface area contributed by atoms with Gasteiger partial charge in [-0.2, -0.15) is 0 Å². The second-order valence-corrected chi connectivity index (χ2v) is 8.61. The van der Waals surface area contributed by atoms with E-state index in [9.17, 15) is 4.79 Å². The van der Waals surface area contributed by atoms with Crippen molar-refractivity contribution >= 4 is 39.2 Å². The van der Waals surface area contributed by atoms with Crippen LogP contribution in [-0.4, -0.2) is 6.26 Å². The zero-order valence-corrected chi connectivity index (χ0v) is 17.7. The van der Waals surface area contributed by atoms with Gasteiger partial charge in [0.05, 0.1) is 11.6 Å². The van der Waals surface area contributed by atoms with Crippen LogP contribution < -0.4 is 10.9 Å². The van der Waals surface area contributed by atoms with Gasteiger partial charge in [-0.3, -0.25) is 0 Å². The molecule has 0 radical (unpaired) electrons. The Kier molecular flexibility index (Phi) is 4.15. The van der Waals surface area contributed by atoms with Crippen molar-refractivity contribution in [3.63, 3.8) is 0 Å². The van der Waals surface area contributed by atoms with Gasteiger partial charge in [0.2, 0.25) is 0 Å². The third-order valence-electron chi connectivity index (χ3n) is 6.06. The van der Waals surface area contributed by atoms with Crippen LogP contribution >= 0.6 is 11.8 Å². The number of hydrogen-bond donors (Lipinski definition) is 1. The van der Waals surface area contributed by atoms with Crippen LogP contribution in [0.4, 0.5) is 5.69 Å². The fraction of sp³-hybridized carbons (Fsp3) is 0.0741. The Bertz CT molecular complexity index is 1520. The van der Waals surface area contributed by atoms with Crippen LogP contribution in [0, 0.1) is 0 Å². The van der Waals surface area contributed by atoms with Crippen LogP contribution in [0.2, 0.25) is 0 Å². The molecule has 0 bridgehead atoms. The third-order valence-corrected chi connectivity index (χ3v) is 6.81. The molecule has 0 aliphatic carbocycles. The molecule has 1 aromatic heterocycles. The van der Waals surface area contributed by atoms with Crippen LogP contribution in [0.3, 0.4) is 0 Å². The van der Waals surface area contributed by atoms with Crippen LogP contribution in [0.15, 0.2) is 99.0 Å². The number of nitrogens with one attached hydrogen (secondary N) is 1. The lowest BCUT2D eigenvalue weighted by molar-refractivity contribution is 0.547. The van der Waals surface area contributed by atoms with Gasteiger partial charge in [-0.15, -0.1) is 11.8 Å².